The highest BCUT2D eigenvalue weighted by Gasteiger charge is 2.21. The Morgan fingerprint density at radius 2 is 1.86 bits per heavy atom. The van der Waals surface area contributed by atoms with Gasteiger partial charge in [-0.25, -0.2) is 0 Å². The molecular weight excluding hydrogens is 376 g/mol. The van der Waals surface area contributed by atoms with E-state index in [0.717, 1.165) is 5.56 Å². The van der Waals surface area contributed by atoms with Gasteiger partial charge in [-0.3, -0.25) is 24.6 Å². The van der Waals surface area contributed by atoms with E-state index >= 15 is 0 Å². The highest BCUT2D eigenvalue weighted by Crippen LogP contribution is 2.29. The molecule has 0 heterocycles. The zero-order valence-electron chi connectivity index (χ0n) is 16.8. The average Bonchev–Trinajstić information content (AvgIpc) is 2.72. The Morgan fingerprint density at radius 1 is 1.21 bits per heavy atom. The summed E-state index contributed by atoms with van der Waals surface area (Å²) in [5.41, 5.74) is 1.59. The van der Waals surface area contributed by atoms with Crippen molar-refractivity contribution in [3.05, 3.63) is 63.7 Å². The summed E-state index contributed by atoms with van der Waals surface area (Å²) in [6, 6.07) is 10.6. The first-order valence-electron chi connectivity index (χ1n) is 8.91. The van der Waals surface area contributed by atoms with Crippen molar-refractivity contribution in [1.29, 1.82) is 0 Å². The molecule has 0 aliphatic carbocycles. The fourth-order valence-electron chi connectivity index (χ4n) is 2.68. The molecule has 2 amide bonds. The molecular formula is C20H24N4O5. The van der Waals surface area contributed by atoms with Gasteiger partial charge in [-0.05, 0) is 37.7 Å². The van der Waals surface area contributed by atoms with Crippen molar-refractivity contribution in [3.63, 3.8) is 0 Å². The van der Waals surface area contributed by atoms with Crippen LogP contribution in [0.3, 0.4) is 0 Å². The SMILES string of the molecule is CNC(=O)c1ccc(CN(C)C(C)C(=O)Nc2cc([N+](=O)[O-])ccc2OC)cc1. The van der Waals surface area contributed by atoms with Crippen LogP contribution in [0.2, 0.25) is 0 Å². The number of ether oxygens (including phenoxy) is 1. The van der Waals surface area contributed by atoms with Gasteiger partial charge in [0, 0.05) is 31.3 Å². The van der Waals surface area contributed by atoms with Crippen molar-refractivity contribution >= 4 is 23.2 Å². The first kappa shape index (κ1) is 21.8. The van der Waals surface area contributed by atoms with Crippen LogP contribution in [0.4, 0.5) is 11.4 Å². The second-order valence-electron chi connectivity index (χ2n) is 6.50. The topological polar surface area (TPSA) is 114 Å². The molecule has 1 unspecified atom stereocenters. The number of nitro groups is 1. The van der Waals surface area contributed by atoms with Gasteiger partial charge in [-0.2, -0.15) is 0 Å². The van der Waals surface area contributed by atoms with E-state index in [0.29, 0.717) is 17.9 Å². The maximum absolute atomic E-state index is 12.6. The average molecular weight is 400 g/mol. The van der Waals surface area contributed by atoms with Crippen LogP contribution < -0.4 is 15.4 Å². The molecule has 9 nitrogen and oxygen atoms in total. The molecule has 154 valence electrons. The minimum absolute atomic E-state index is 0.140. The summed E-state index contributed by atoms with van der Waals surface area (Å²) in [7, 11) is 4.79. The monoisotopic (exact) mass is 400 g/mol. The van der Waals surface area contributed by atoms with Crippen LogP contribution in [0.5, 0.6) is 5.75 Å². The first-order chi connectivity index (χ1) is 13.8. The lowest BCUT2D eigenvalue weighted by Crippen LogP contribution is -2.39. The predicted octanol–water partition coefficient (Wildman–Crippen LogP) is 2.42. The Bertz CT molecular complexity index is 898. The molecule has 0 aromatic heterocycles. The van der Waals surface area contributed by atoms with Crippen molar-refractivity contribution in [3.8, 4) is 5.75 Å². The van der Waals surface area contributed by atoms with Gasteiger partial charge in [0.15, 0.2) is 0 Å². The summed E-state index contributed by atoms with van der Waals surface area (Å²) >= 11 is 0. The number of benzene rings is 2. The molecule has 1 atom stereocenters. The number of non-ortho nitro benzene ring substituents is 1. The van der Waals surface area contributed by atoms with E-state index in [1.54, 1.807) is 33.2 Å². The van der Waals surface area contributed by atoms with E-state index in [1.165, 1.54) is 25.3 Å². The molecule has 0 fully saturated rings. The number of nitrogens with zero attached hydrogens (tertiary/aromatic N) is 2. The van der Waals surface area contributed by atoms with Crippen LogP contribution in [-0.2, 0) is 11.3 Å². The van der Waals surface area contributed by atoms with Gasteiger partial charge in [0.2, 0.25) is 5.91 Å². The number of carbonyl (C=O) groups excluding carboxylic acids is 2. The number of likely N-dealkylation sites (N-methyl/N-ethyl adjacent to an activating group) is 1. The molecule has 2 aromatic rings. The zero-order valence-corrected chi connectivity index (χ0v) is 16.8. The molecule has 0 saturated carbocycles. The second-order valence-corrected chi connectivity index (χ2v) is 6.50. The minimum Gasteiger partial charge on any atom is -0.495 e. The summed E-state index contributed by atoms with van der Waals surface area (Å²) < 4.78 is 5.17. The van der Waals surface area contributed by atoms with Gasteiger partial charge < -0.3 is 15.4 Å². The molecule has 2 N–H and O–H groups in total. The van der Waals surface area contributed by atoms with E-state index in [9.17, 15) is 19.7 Å². The maximum Gasteiger partial charge on any atom is 0.271 e. The van der Waals surface area contributed by atoms with Crippen molar-refractivity contribution in [2.45, 2.75) is 19.5 Å². The molecule has 0 aliphatic heterocycles. The Kier molecular flexibility index (Phi) is 7.27. The van der Waals surface area contributed by atoms with Crippen LogP contribution in [0.15, 0.2) is 42.5 Å². The molecule has 0 spiro atoms. The van der Waals surface area contributed by atoms with E-state index in [4.69, 9.17) is 4.74 Å². The number of carbonyl (C=O) groups is 2. The normalized spacial score (nSPS) is 11.6. The zero-order chi connectivity index (χ0) is 21.6. The van der Waals surface area contributed by atoms with Crippen LogP contribution in [0.1, 0.15) is 22.8 Å². The minimum atomic E-state index is -0.535. The quantitative estimate of drug-likeness (QED) is 0.520. The fraction of sp³-hybridized carbons (Fsp3) is 0.300. The van der Waals surface area contributed by atoms with Gasteiger partial charge in [0.05, 0.1) is 23.8 Å². The first-order valence-corrected chi connectivity index (χ1v) is 8.91. The van der Waals surface area contributed by atoms with Crippen molar-refractivity contribution < 1.29 is 19.2 Å². The fourth-order valence-corrected chi connectivity index (χ4v) is 2.68. The number of nitrogens with one attached hydrogen (secondary N) is 2. The highest BCUT2D eigenvalue weighted by atomic mass is 16.6. The molecule has 0 radical (unpaired) electrons. The lowest BCUT2D eigenvalue weighted by atomic mass is 10.1. The third-order valence-corrected chi connectivity index (χ3v) is 4.57. The van der Waals surface area contributed by atoms with E-state index in [2.05, 4.69) is 10.6 Å². The Hall–Kier alpha value is -3.46. The smallest absolute Gasteiger partial charge is 0.271 e. The van der Waals surface area contributed by atoms with Gasteiger partial charge in [0.1, 0.15) is 5.75 Å². The Morgan fingerprint density at radius 3 is 2.41 bits per heavy atom. The third kappa shape index (κ3) is 5.52. The highest BCUT2D eigenvalue weighted by molar-refractivity contribution is 5.96. The van der Waals surface area contributed by atoms with Crippen molar-refractivity contribution in [2.75, 3.05) is 26.5 Å². The van der Waals surface area contributed by atoms with Gasteiger partial charge in [0.25, 0.3) is 11.6 Å². The summed E-state index contributed by atoms with van der Waals surface area (Å²) in [5, 5.41) is 16.2. The molecule has 0 saturated heterocycles. The molecule has 9 heteroatoms. The van der Waals surface area contributed by atoms with Crippen LogP contribution in [-0.4, -0.2) is 48.9 Å². The predicted molar refractivity (Wildman–Crippen MR) is 109 cm³/mol. The van der Waals surface area contributed by atoms with Crippen LogP contribution >= 0.6 is 0 Å². The number of amides is 2. The van der Waals surface area contributed by atoms with Gasteiger partial charge >= 0.3 is 0 Å². The number of nitro benzene ring substituents is 1. The van der Waals surface area contributed by atoms with E-state index in [-0.39, 0.29) is 23.2 Å². The van der Waals surface area contributed by atoms with E-state index < -0.39 is 11.0 Å². The number of hydrogen-bond donors (Lipinski definition) is 2. The summed E-state index contributed by atoms with van der Waals surface area (Å²) in [4.78, 5) is 36.5. The third-order valence-electron chi connectivity index (χ3n) is 4.57. The lowest BCUT2D eigenvalue weighted by Gasteiger charge is -2.24. The Labute approximate surface area is 168 Å². The van der Waals surface area contributed by atoms with Gasteiger partial charge in [-0.15, -0.1) is 0 Å². The molecule has 29 heavy (non-hydrogen) atoms. The molecule has 2 aromatic carbocycles. The summed E-state index contributed by atoms with van der Waals surface area (Å²) in [6.07, 6.45) is 0. The standard InChI is InChI=1S/C20H24N4O5/c1-13(23(3)12-14-5-7-15(8-6-14)20(26)21-2)19(25)22-17-11-16(24(27)28)9-10-18(17)29-4/h5-11,13H,12H2,1-4H3,(H,21,26)(H,22,25). The molecule has 0 bridgehead atoms. The maximum atomic E-state index is 12.6. The second kappa shape index (κ2) is 9.65. The molecule has 0 aliphatic rings. The number of rotatable bonds is 8. The molecule has 2 rings (SSSR count). The number of methoxy groups -OCH3 is 1. The van der Waals surface area contributed by atoms with Crippen LogP contribution in [0, 0.1) is 10.1 Å². The Balaban J connectivity index is 2.07. The number of anilines is 1. The summed E-state index contributed by atoms with van der Waals surface area (Å²) in [5.74, 6) is -0.152. The number of hydrogen-bond acceptors (Lipinski definition) is 6. The van der Waals surface area contributed by atoms with Crippen LogP contribution in [0.25, 0.3) is 0 Å². The largest absolute Gasteiger partial charge is 0.495 e. The lowest BCUT2D eigenvalue weighted by molar-refractivity contribution is -0.384. The van der Waals surface area contributed by atoms with Crippen molar-refractivity contribution in [1.82, 2.24) is 10.2 Å². The van der Waals surface area contributed by atoms with Gasteiger partial charge in [-0.1, -0.05) is 12.1 Å². The summed E-state index contributed by atoms with van der Waals surface area (Å²) in [6.45, 7) is 2.22. The van der Waals surface area contributed by atoms with E-state index in [1.807, 2.05) is 17.0 Å². The van der Waals surface area contributed by atoms with Crippen molar-refractivity contribution in [2.24, 2.45) is 0 Å².